The van der Waals surface area contributed by atoms with E-state index in [2.05, 4.69) is 23.7 Å². The van der Waals surface area contributed by atoms with Gasteiger partial charge in [0.05, 0.1) is 0 Å². The number of carbonyl (C=O) groups is 1. The van der Waals surface area contributed by atoms with Gasteiger partial charge in [-0.25, -0.2) is 0 Å². The van der Waals surface area contributed by atoms with Gasteiger partial charge in [-0.3, -0.25) is 9.69 Å². The van der Waals surface area contributed by atoms with Crippen molar-refractivity contribution in [3.8, 4) is 0 Å². The van der Waals surface area contributed by atoms with Crippen molar-refractivity contribution < 1.29 is 4.79 Å². The molecule has 0 saturated carbocycles. The molecule has 4 nitrogen and oxygen atoms in total. The van der Waals surface area contributed by atoms with Crippen molar-refractivity contribution >= 4 is 16.8 Å². The summed E-state index contributed by atoms with van der Waals surface area (Å²) in [6.07, 6.45) is 1.90. The summed E-state index contributed by atoms with van der Waals surface area (Å²) in [6, 6.07) is 8.45. The number of rotatable bonds is 2. The lowest BCUT2D eigenvalue weighted by Crippen LogP contribution is -2.50. The van der Waals surface area contributed by atoms with E-state index in [9.17, 15) is 4.79 Å². The fourth-order valence-corrected chi connectivity index (χ4v) is 2.80. The lowest BCUT2D eigenvalue weighted by Gasteiger charge is -2.37. The second-order valence-corrected chi connectivity index (χ2v) is 5.70. The number of aromatic amines is 1. The lowest BCUT2D eigenvalue weighted by atomic mass is 10.1. The number of nitrogens with one attached hydrogen (secondary N) is 1. The maximum Gasteiger partial charge on any atom is 0.254 e. The minimum absolute atomic E-state index is 0.143. The van der Waals surface area contributed by atoms with E-state index in [4.69, 9.17) is 0 Å². The third kappa shape index (κ3) is 2.43. The average molecular weight is 271 g/mol. The number of aromatic nitrogens is 1. The Balaban J connectivity index is 1.73. The molecule has 0 aliphatic carbocycles. The first-order valence-electron chi connectivity index (χ1n) is 7.25. The molecule has 1 fully saturated rings. The van der Waals surface area contributed by atoms with Gasteiger partial charge in [-0.1, -0.05) is 6.07 Å². The van der Waals surface area contributed by atoms with Crippen molar-refractivity contribution in [2.75, 3.05) is 26.2 Å². The van der Waals surface area contributed by atoms with Crippen LogP contribution in [0.1, 0.15) is 24.2 Å². The Morgan fingerprint density at radius 3 is 2.60 bits per heavy atom. The van der Waals surface area contributed by atoms with Crippen LogP contribution in [0.25, 0.3) is 10.9 Å². The topological polar surface area (TPSA) is 39.3 Å². The minimum Gasteiger partial charge on any atom is -0.361 e. The Morgan fingerprint density at radius 2 is 1.90 bits per heavy atom. The number of hydrogen-bond donors (Lipinski definition) is 1. The summed E-state index contributed by atoms with van der Waals surface area (Å²) in [6.45, 7) is 7.98. The molecule has 0 bridgehead atoms. The third-order valence-corrected chi connectivity index (χ3v) is 4.13. The molecule has 0 atom stereocenters. The van der Waals surface area contributed by atoms with Crippen LogP contribution in [0.15, 0.2) is 30.5 Å². The van der Waals surface area contributed by atoms with Gasteiger partial charge in [0.1, 0.15) is 0 Å². The van der Waals surface area contributed by atoms with E-state index in [1.165, 1.54) is 0 Å². The van der Waals surface area contributed by atoms with Crippen LogP contribution in [0.2, 0.25) is 0 Å². The number of nitrogens with zero attached hydrogens (tertiary/aromatic N) is 2. The van der Waals surface area contributed by atoms with E-state index in [1.807, 2.05) is 35.4 Å². The fourth-order valence-electron chi connectivity index (χ4n) is 2.80. The quantitative estimate of drug-likeness (QED) is 0.910. The molecule has 106 valence electrons. The minimum atomic E-state index is 0.143. The standard InChI is InChI=1S/C16H21N3O/c1-12(2)18-7-9-19(10-8-18)16(20)14-4-3-13-5-6-17-15(13)11-14/h3-6,11-12,17H,7-10H2,1-2H3. The number of carbonyl (C=O) groups excluding carboxylic acids is 1. The van der Waals surface area contributed by atoms with E-state index < -0.39 is 0 Å². The van der Waals surface area contributed by atoms with Gasteiger partial charge in [0, 0.05) is 49.5 Å². The molecule has 1 aromatic heterocycles. The number of benzene rings is 1. The van der Waals surface area contributed by atoms with Gasteiger partial charge in [-0.2, -0.15) is 0 Å². The zero-order valence-corrected chi connectivity index (χ0v) is 12.1. The highest BCUT2D eigenvalue weighted by molar-refractivity contribution is 5.98. The molecule has 0 spiro atoms. The SMILES string of the molecule is CC(C)N1CCN(C(=O)c2ccc3cc[nH]c3c2)CC1. The summed E-state index contributed by atoms with van der Waals surface area (Å²) in [5.41, 5.74) is 1.80. The van der Waals surface area contributed by atoms with E-state index in [1.54, 1.807) is 0 Å². The van der Waals surface area contributed by atoms with Crippen LogP contribution in [-0.2, 0) is 0 Å². The van der Waals surface area contributed by atoms with E-state index in [-0.39, 0.29) is 5.91 Å². The Kier molecular flexibility index (Phi) is 3.49. The number of fused-ring (bicyclic) bond motifs is 1. The smallest absolute Gasteiger partial charge is 0.254 e. The first kappa shape index (κ1) is 13.2. The molecule has 3 rings (SSSR count). The Hall–Kier alpha value is -1.81. The van der Waals surface area contributed by atoms with Crippen LogP contribution >= 0.6 is 0 Å². The molecule has 1 saturated heterocycles. The Morgan fingerprint density at radius 1 is 1.15 bits per heavy atom. The number of H-pyrrole nitrogens is 1. The summed E-state index contributed by atoms with van der Waals surface area (Å²) in [7, 11) is 0. The van der Waals surface area contributed by atoms with Crippen molar-refractivity contribution in [1.29, 1.82) is 0 Å². The molecule has 1 aliphatic heterocycles. The van der Waals surface area contributed by atoms with Gasteiger partial charge in [-0.05, 0) is 37.4 Å². The highest BCUT2D eigenvalue weighted by atomic mass is 16.2. The molecule has 1 amide bonds. The molecule has 20 heavy (non-hydrogen) atoms. The van der Waals surface area contributed by atoms with Crippen LogP contribution in [-0.4, -0.2) is 52.9 Å². The molecular weight excluding hydrogens is 250 g/mol. The first-order valence-corrected chi connectivity index (χ1v) is 7.25. The second-order valence-electron chi connectivity index (χ2n) is 5.70. The van der Waals surface area contributed by atoms with Gasteiger partial charge >= 0.3 is 0 Å². The lowest BCUT2D eigenvalue weighted by molar-refractivity contribution is 0.0595. The molecule has 1 aromatic carbocycles. The summed E-state index contributed by atoms with van der Waals surface area (Å²) in [5, 5.41) is 1.14. The molecule has 4 heteroatoms. The third-order valence-electron chi connectivity index (χ3n) is 4.13. The predicted octanol–water partition coefficient (Wildman–Crippen LogP) is 2.33. The maximum atomic E-state index is 12.5. The Bertz CT molecular complexity index is 609. The summed E-state index contributed by atoms with van der Waals surface area (Å²) in [5.74, 6) is 0.143. The van der Waals surface area contributed by atoms with Crippen LogP contribution in [0.5, 0.6) is 0 Å². The maximum absolute atomic E-state index is 12.5. The van der Waals surface area contributed by atoms with Gasteiger partial charge in [-0.15, -0.1) is 0 Å². The second kappa shape index (κ2) is 5.29. The molecule has 2 aromatic rings. The van der Waals surface area contributed by atoms with Crippen LogP contribution in [0.3, 0.4) is 0 Å². The van der Waals surface area contributed by atoms with Crippen LogP contribution in [0, 0.1) is 0 Å². The van der Waals surface area contributed by atoms with Crippen molar-refractivity contribution in [3.63, 3.8) is 0 Å². The van der Waals surface area contributed by atoms with E-state index >= 15 is 0 Å². The number of hydrogen-bond acceptors (Lipinski definition) is 2. The van der Waals surface area contributed by atoms with Gasteiger partial charge in [0.15, 0.2) is 0 Å². The monoisotopic (exact) mass is 271 g/mol. The Labute approximate surface area is 119 Å². The fraction of sp³-hybridized carbons (Fsp3) is 0.438. The highest BCUT2D eigenvalue weighted by Gasteiger charge is 2.23. The van der Waals surface area contributed by atoms with Gasteiger partial charge in [0.25, 0.3) is 5.91 Å². The van der Waals surface area contributed by atoms with E-state index in [0.717, 1.165) is 42.6 Å². The molecule has 2 heterocycles. The molecule has 1 aliphatic rings. The normalized spacial score (nSPS) is 17.1. The molecule has 0 unspecified atom stereocenters. The van der Waals surface area contributed by atoms with Crippen LogP contribution in [0.4, 0.5) is 0 Å². The van der Waals surface area contributed by atoms with Crippen molar-refractivity contribution in [2.45, 2.75) is 19.9 Å². The van der Waals surface area contributed by atoms with Crippen molar-refractivity contribution in [2.24, 2.45) is 0 Å². The number of amides is 1. The molecule has 1 N–H and O–H groups in total. The summed E-state index contributed by atoms with van der Waals surface area (Å²) in [4.78, 5) is 20.1. The average Bonchev–Trinajstić information content (AvgIpc) is 2.94. The molecule has 0 radical (unpaired) electrons. The zero-order chi connectivity index (χ0) is 14.1. The number of piperazine rings is 1. The first-order chi connectivity index (χ1) is 9.65. The predicted molar refractivity (Wildman–Crippen MR) is 80.9 cm³/mol. The summed E-state index contributed by atoms with van der Waals surface area (Å²) < 4.78 is 0. The van der Waals surface area contributed by atoms with Gasteiger partial charge in [0.2, 0.25) is 0 Å². The molecular formula is C16H21N3O. The van der Waals surface area contributed by atoms with Crippen molar-refractivity contribution in [3.05, 3.63) is 36.0 Å². The highest BCUT2D eigenvalue weighted by Crippen LogP contribution is 2.16. The summed E-state index contributed by atoms with van der Waals surface area (Å²) >= 11 is 0. The van der Waals surface area contributed by atoms with E-state index in [0.29, 0.717) is 6.04 Å². The van der Waals surface area contributed by atoms with Crippen LogP contribution < -0.4 is 0 Å². The largest absolute Gasteiger partial charge is 0.361 e. The zero-order valence-electron chi connectivity index (χ0n) is 12.1. The van der Waals surface area contributed by atoms with Crippen molar-refractivity contribution in [1.82, 2.24) is 14.8 Å². The van der Waals surface area contributed by atoms with Gasteiger partial charge < -0.3 is 9.88 Å².